The van der Waals surface area contributed by atoms with Crippen molar-refractivity contribution in [3.05, 3.63) is 57.4 Å². The summed E-state index contributed by atoms with van der Waals surface area (Å²) in [5.41, 5.74) is 2.58. The number of carbonyl (C=O) groups is 1. The lowest BCUT2D eigenvalue weighted by Gasteiger charge is -2.29. The Bertz CT molecular complexity index is 895. The molecule has 1 heterocycles. The zero-order valence-corrected chi connectivity index (χ0v) is 14.7. The lowest BCUT2D eigenvalue weighted by molar-refractivity contribution is -0.141. The molecular weight excluding hydrogens is 368 g/mol. The van der Waals surface area contributed by atoms with Crippen molar-refractivity contribution in [2.45, 2.75) is 32.9 Å². The molecule has 0 saturated carbocycles. The molecule has 1 unspecified atom stereocenters. The fourth-order valence-corrected chi connectivity index (χ4v) is 2.99. The third-order valence-electron chi connectivity index (χ3n) is 4.13. The number of halogens is 4. The summed E-state index contributed by atoms with van der Waals surface area (Å²) in [6.45, 7) is 3.77. The number of carbonyl (C=O) groups excluding carboxylic acids is 1. The van der Waals surface area contributed by atoms with E-state index in [-0.39, 0.29) is 23.5 Å². The van der Waals surface area contributed by atoms with Crippen LogP contribution in [0.2, 0.25) is 0 Å². The molecule has 0 aliphatic carbocycles. The highest BCUT2D eigenvalue weighted by Gasteiger charge is 2.43. The van der Waals surface area contributed by atoms with Gasteiger partial charge in [0.15, 0.2) is 0 Å². The first-order valence-corrected chi connectivity index (χ1v) is 7.86. The Labute approximate surface area is 152 Å². The van der Waals surface area contributed by atoms with Gasteiger partial charge in [-0.15, -0.1) is 0 Å². The summed E-state index contributed by atoms with van der Waals surface area (Å²) < 4.78 is 65.0. The van der Waals surface area contributed by atoms with E-state index in [2.05, 4.69) is 0 Å². The van der Waals surface area contributed by atoms with Crippen molar-refractivity contribution in [2.75, 3.05) is 6.61 Å². The number of ether oxygens (including phenoxy) is 2. The first kappa shape index (κ1) is 20.3. The minimum atomic E-state index is -4.93. The van der Waals surface area contributed by atoms with Gasteiger partial charge in [-0.3, -0.25) is 0 Å². The summed E-state index contributed by atoms with van der Waals surface area (Å²) >= 11 is 0. The fourth-order valence-electron chi connectivity index (χ4n) is 2.99. The molecule has 1 atom stereocenters. The van der Waals surface area contributed by atoms with E-state index in [0.717, 1.165) is 19.1 Å². The van der Waals surface area contributed by atoms with Crippen LogP contribution in [0, 0.1) is 24.1 Å². The fraction of sp³-hybridized carbons (Fsp3) is 0.333. The molecule has 0 bridgehead atoms. The van der Waals surface area contributed by atoms with Gasteiger partial charge in [0, 0.05) is 0 Å². The van der Waals surface area contributed by atoms with E-state index >= 15 is 0 Å². The Balaban J connectivity index is 2.86. The minimum absolute atomic E-state index is 0.0437. The minimum Gasteiger partial charge on any atom is -0.463 e. The second-order valence-corrected chi connectivity index (χ2v) is 5.75. The maximum atomic E-state index is 13.8. The highest BCUT2D eigenvalue weighted by Crippen LogP contribution is 2.46. The third kappa shape index (κ3) is 3.60. The van der Waals surface area contributed by atoms with Gasteiger partial charge in [0.2, 0.25) is 5.88 Å². The summed E-state index contributed by atoms with van der Waals surface area (Å²) in [6, 6.07) is 3.42. The van der Waals surface area contributed by atoms with Gasteiger partial charge in [-0.2, -0.15) is 18.4 Å². The van der Waals surface area contributed by atoms with Crippen molar-refractivity contribution in [3.63, 3.8) is 0 Å². The quantitative estimate of drug-likeness (QED) is 0.633. The SMILES string of the molecule is CCOC(=O)C1=C(C)OC(N)=C(C#N)C1c1ccc(F)c(C)c1C(F)(F)F. The largest absolute Gasteiger partial charge is 0.463 e. The predicted octanol–water partition coefficient (Wildman–Crippen LogP) is 3.80. The molecule has 1 aliphatic rings. The van der Waals surface area contributed by atoms with Crippen LogP contribution in [0.1, 0.15) is 36.5 Å². The molecule has 0 aromatic heterocycles. The highest BCUT2D eigenvalue weighted by molar-refractivity contribution is 5.92. The second kappa shape index (κ2) is 7.31. The van der Waals surface area contributed by atoms with E-state index in [4.69, 9.17) is 15.2 Å². The van der Waals surface area contributed by atoms with E-state index < -0.39 is 46.5 Å². The van der Waals surface area contributed by atoms with E-state index in [0.29, 0.717) is 0 Å². The number of esters is 1. The maximum absolute atomic E-state index is 13.8. The molecule has 1 aliphatic heterocycles. The Morgan fingerprint density at radius 1 is 1.37 bits per heavy atom. The van der Waals surface area contributed by atoms with Gasteiger partial charge in [-0.25, -0.2) is 9.18 Å². The molecule has 1 aromatic carbocycles. The number of benzene rings is 1. The first-order chi connectivity index (χ1) is 12.5. The summed E-state index contributed by atoms with van der Waals surface area (Å²) in [6.07, 6.45) is -4.93. The normalized spacial score (nSPS) is 17.5. The Hall–Kier alpha value is -3.02. The summed E-state index contributed by atoms with van der Waals surface area (Å²) in [5.74, 6) is -4.03. The lowest BCUT2D eigenvalue weighted by Crippen LogP contribution is -2.27. The summed E-state index contributed by atoms with van der Waals surface area (Å²) in [7, 11) is 0. The van der Waals surface area contributed by atoms with E-state index in [1.807, 2.05) is 0 Å². The maximum Gasteiger partial charge on any atom is 0.417 e. The smallest absolute Gasteiger partial charge is 0.417 e. The molecule has 0 saturated heterocycles. The average molecular weight is 384 g/mol. The number of nitriles is 1. The van der Waals surface area contributed by atoms with Crippen LogP contribution in [-0.4, -0.2) is 12.6 Å². The van der Waals surface area contributed by atoms with Crippen LogP contribution < -0.4 is 5.73 Å². The van der Waals surface area contributed by atoms with Gasteiger partial charge in [-0.05, 0) is 38.0 Å². The van der Waals surface area contributed by atoms with Crippen LogP contribution in [0.3, 0.4) is 0 Å². The molecule has 144 valence electrons. The summed E-state index contributed by atoms with van der Waals surface area (Å²) in [5, 5.41) is 9.43. The number of alkyl halides is 3. The van der Waals surface area contributed by atoms with E-state index in [1.165, 1.54) is 13.8 Å². The van der Waals surface area contributed by atoms with Crippen molar-refractivity contribution in [1.29, 1.82) is 5.26 Å². The monoisotopic (exact) mass is 384 g/mol. The van der Waals surface area contributed by atoms with Crippen LogP contribution in [0.25, 0.3) is 0 Å². The standard InChI is InChI=1S/C18H16F4N2O3/c1-4-26-17(25)13-9(3)27-16(24)11(7-23)14(13)10-5-6-12(19)8(2)15(10)18(20,21)22/h5-6,14H,4,24H2,1-3H3. The van der Waals surface area contributed by atoms with Crippen LogP contribution in [0.5, 0.6) is 0 Å². The van der Waals surface area contributed by atoms with Gasteiger partial charge in [0.05, 0.1) is 23.7 Å². The molecule has 0 spiro atoms. The summed E-state index contributed by atoms with van der Waals surface area (Å²) in [4.78, 5) is 12.4. The molecule has 5 nitrogen and oxygen atoms in total. The molecular formula is C18H16F4N2O3. The molecule has 0 radical (unpaired) electrons. The Kier molecular flexibility index (Phi) is 5.49. The molecule has 9 heteroatoms. The number of hydrogen-bond acceptors (Lipinski definition) is 5. The Morgan fingerprint density at radius 2 is 2.00 bits per heavy atom. The van der Waals surface area contributed by atoms with Crippen LogP contribution in [0.15, 0.2) is 34.9 Å². The Morgan fingerprint density at radius 3 is 2.52 bits per heavy atom. The number of nitrogens with two attached hydrogens (primary N) is 1. The van der Waals surface area contributed by atoms with Gasteiger partial charge in [0.25, 0.3) is 0 Å². The van der Waals surface area contributed by atoms with Gasteiger partial charge in [0.1, 0.15) is 23.2 Å². The molecule has 27 heavy (non-hydrogen) atoms. The zero-order chi connectivity index (χ0) is 20.5. The highest BCUT2D eigenvalue weighted by atomic mass is 19.4. The van der Waals surface area contributed by atoms with Crippen molar-refractivity contribution in [2.24, 2.45) is 5.73 Å². The van der Waals surface area contributed by atoms with Gasteiger partial charge in [-0.1, -0.05) is 6.07 Å². The van der Waals surface area contributed by atoms with E-state index in [1.54, 1.807) is 6.07 Å². The van der Waals surface area contributed by atoms with Gasteiger partial charge < -0.3 is 15.2 Å². The average Bonchev–Trinajstić information content (AvgIpc) is 2.55. The molecule has 2 rings (SSSR count). The van der Waals surface area contributed by atoms with Crippen molar-refractivity contribution < 1.29 is 31.8 Å². The van der Waals surface area contributed by atoms with Crippen molar-refractivity contribution in [1.82, 2.24) is 0 Å². The van der Waals surface area contributed by atoms with Crippen LogP contribution in [-0.2, 0) is 20.4 Å². The van der Waals surface area contributed by atoms with Crippen LogP contribution in [0.4, 0.5) is 17.6 Å². The molecule has 1 aromatic rings. The first-order valence-electron chi connectivity index (χ1n) is 7.86. The number of allylic oxidation sites excluding steroid dienone is 2. The topological polar surface area (TPSA) is 85.3 Å². The third-order valence-corrected chi connectivity index (χ3v) is 4.13. The number of nitrogens with zero attached hydrogens (tertiary/aromatic N) is 1. The van der Waals surface area contributed by atoms with Crippen molar-refractivity contribution in [3.8, 4) is 6.07 Å². The number of rotatable bonds is 3. The molecule has 2 N–H and O–H groups in total. The number of hydrogen-bond donors (Lipinski definition) is 1. The predicted molar refractivity (Wildman–Crippen MR) is 86.1 cm³/mol. The lowest BCUT2D eigenvalue weighted by atomic mass is 9.79. The van der Waals surface area contributed by atoms with E-state index in [9.17, 15) is 27.6 Å². The van der Waals surface area contributed by atoms with Gasteiger partial charge >= 0.3 is 12.1 Å². The van der Waals surface area contributed by atoms with Crippen molar-refractivity contribution >= 4 is 5.97 Å². The van der Waals surface area contributed by atoms with Crippen LogP contribution >= 0.6 is 0 Å². The second-order valence-electron chi connectivity index (χ2n) is 5.75. The molecule has 0 fully saturated rings. The zero-order valence-electron chi connectivity index (χ0n) is 14.7. The molecule has 0 amide bonds.